The molecular formula is C20H22N6. The molecule has 1 aliphatic carbocycles. The van der Waals surface area contributed by atoms with Crippen LogP contribution >= 0.6 is 0 Å². The molecule has 6 heteroatoms. The molecule has 1 aromatic carbocycles. The molecule has 0 bridgehead atoms. The van der Waals surface area contributed by atoms with E-state index in [0.717, 1.165) is 30.3 Å². The van der Waals surface area contributed by atoms with E-state index in [1.807, 2.05) is 29.9 Å². The number of pyridine rings is 1. The second-order valence-corrected chi connectivity index (χ2v) is 7.01. The Bertz CT molecular complexity index is 1030. The van der Waals surface area contributed by atoms with E-state index in [1.165, 1.54) is 29.6 Å². The van der Waals surface area contributed by atoms with Gasteiger partial charge in [0.15, 0.2) is 5.82 Å². The maximum Gasteiger partial charge on any atom is 0.153 e. The highest BCUT2D eigenvalue weighted by Gasteiger charge is 2.28. The number of nitrogens with one attached hydrogen (secondary N) is 2. The molecule has 3 heterocycles. The van der Waals surface area contributed by atoms with Crippen LogP contribution in [0.1, 0.15) is 30.1 Å². The zero-order valence-corrected chi connectivity index (χ0v) is 14.8. The first kappa shape index (κ1) is 15.3. The normalized spacial score (nSPS) is 14.2. The van der Waals surface area contributed by atoms with E-state index in [0.29, 0.717) is 5.92 Å². The van der Waals surface area contributed by atoms with Crippen LogP contribution in [0.4, 0.5) is 5.69 Å². The minimum Gasteiger partial charge on any atom is -0.382 e. The summed E-state index contributed by atoms with van der Waals surface area (Å²) >= 11 is 0. The third kappa shape index (κ3) is 2.77. The van der Waals surface area contributed by atoms with Crippen LogP contribution < -0.4 is 5.32 Å². The summed E-state index contributed by atoms with van der Waals surface area (Å²) in [5.41, 5.74) is 5.82. The fraction of sp³-hybridized carbons (Fsp3) is 0.300. The van der Waals surface area contributed by atoms with Gasteiger partial charge in [0.1, 0.15) is 0 Å². The number of aromatic amines is 1. The molecule has 0 aliphatic heterocycles. The number of aryl methyl sites for hydroxylation is 1. The molecular weight excluding hydrogens is 324 g/mol. The summed E-state index contributed by atoms with van der Waals surface area (Å²) in [6.45, 7) is 3.78. The minimum absolute atomic E-state index is 0.655. The number of fused-ring (bicyclic) bond motifs is 1. The monoisotopic (exact) mass is 346 g/mol. The predicted octanol–water partition coefficient (Wildman–Crippen LogP) is 3.85. The van der Waals surface area contributed by atoms with Gasteiger partial charge in [0.2, 0.25) is 0 Å². The van der Waals surface area contributed by atoms with Crippen molar-refractivity contribution in [3.63, 3.8) is 0 Å². The zero-order valence-electron chi connectivity index (χ0n) is 14.8. The summed E-state index contributed by atoms with van der Waals surface area (Å²) in [5, 5.41) is 11.4. The Morgan fingerprint density at radius 3 is 2.85 bits per heavy atom. The Kier molecular flexibility index (Phi) is 3.55. The maximum atomic E-state index is 4.62. The number of H-pyrrole nitrogens is 1. The Morgan fingerprint density at radius 1 is 1.19 bits per heavy atom. The van der Waals surface area contributed by atoms with E-state index in [2.05, 4.69) is 55.5 Å². The number of para-hydroxylation sites is 2. The van der Waals surface area contributed by atoms with Crippen LogP contribution in [-0.2, 0) is 6.54 Å². The number of nitrogens with zero attached hydrogens (tertiary/aromatic N) is 4. The number of rotatable bonds is 6. The van der Waals surface area contributed by atoms with Crippen molar-refractivity contribution in [2.24, 2.45) is 0 Å². The second-order valence-electron chi connectivity index (χ2n) is 7.01. The van der Waals surface area contributed by atoms with Gasteiger partial charge in [-0.15, -0.1) is 0 Å². The lowest BCUT2D eigenvalue weighted by Gasteiger charge is -2.17. The van der Waals surface area contributed by atoms with Gasteiger partial charge in [-0.25, -0.2) is 9.67 Å². The minimum atomic E-state index is 0.655. The summed E-state index contributed by atoms with van der Waals surface area (Å²) in [5.74, 6) is 1.55. The molecule has 3 aromatic heterocycles. The van der Waals surface area contributed by atoms with E-state index in [1.54, 1.807) is 0 Å². The van der Waals surface area contributed by atoms with Gasteiger partial charge < -0.3 is 5.32 Å². The van der Waals surface area contributed by atoms with E-state index in [-0.39, 0.29) is 0 Å². The average molecular weight is 346 g/mol. The van der Waals surface area contributed by atoms with Crippen molar-refractivity contribution in [1.82, 2.24) is 24.5 Å². The summed E-state index contributed by atoms with van der Waals surface area (Å²) < 4.78 is 4.15. The van der Waals surface area contributed by atoms with Crippen molar-refractivity contribution in [3.05, 3.63) is 60.0 Å². The first-order chi connectivity index (χ1) is 12.8. The Labute approximate surface area is 151 Å². The van der Waals surface area contributed by atoms with Gasteiger partial charge in [0, 0.05) is 18.2 Å². The molecule has 5 rings (SSSR count). The molecule has 1 aliphatic rings. The molecule has 0 amide bonds. The third-order valence-electron chi connectivity index (χ3n) is 4.93. The van der Waals surface area contributed by atoms with E-state index >= 15 is 0 Å². The van der Waals surface area contributed by atoms with Gasteiger partial charge in [0.05, 0.1) is 35.2 Å². The van der Waals surface area contributed by atoms with E-state index in [4.69, 9.17) is 0 Å². The van der Waals surface area contributed by atoms with Crippen molar-refractivity contribution in [2.45, 2.75) is 32.2 Å². The Morgan fingerprint density at radius 2 is 2.08 bits per heavy atom. The molecule has 0 radical (unpaired) electrons. The average Bonchev–Trinajstić information content (AvgIpc) is 3.41. The number of aromatic nitrogens is 5. The molecule has 1 fully saturated rings. The fourth-order valence-corrected chi connectivity index (χ4v) is 3.43. The van der Waals surface area contributed by atoms with Crippen LogP contribution in [0.2, 0.25) is 0 Å². The standard InChI is InChI=1S/C20H22N6/c1-14-12-19(15-6-7-15)26(23-14)20-9-8-16(13-22-20)21-10-11-25-18-5-3-2-4-17(18)24-25/h2-5,8-9,12-13,15,21,24H,6-7,10-11H2,1H3. The second kappa shape index (κ2) is 6.05. The predicted molar refractivity (Wildman–Crippen MR) is 103 cm³/mol. The molecule has 6 nitrogen and oxygen atoms in total. The van der Waals surface area contributed by atoms with Crippen LogP contribution in [0.25, 0.3) is 16.9 Å². The van der Waals surface area contributed by atoms with Crippen molar-refractivity contribution in [1.29, 1.82) is 0 Å². The number of hydrogen-bond acceptors (Lipinski definition) is 3. The highest BCUT2D eigenvalue weighted by molar-refractivity contribution is 5.76. The van der Waals surface area contributed by atoms with Gasteiger partial charge >= 0.3 is 0 Å². The summed E-state index contributed by atoms with van der Waals surface area (Å²) in [6.07, 6.45) is 4.41. The lowest BCUT2D eigenvalue weighted by atomic mass is 10.2. The molecule has 0 spiro atoms. The Balaban J connectivity index is 1.24. The van der Waals surface area contributed by atoms with Crippen molar-refractivity contribution in [3.8, 4) is 5.82 Å². The molecule has 0 saturated heterocycles. The molecule has 132 valence electrons. The zero-order chi connectivity index (χ0) is 17.5. The van der Waals surface area contributed by atoms with Crippen LogP contribution in [0, 0.1) is 6.92 Å². The van der Waals surface area contributed by atoms with Gasteiger partial charge in [-0.2, -0.15) is 5.10 Å². The van der Waals surface area contributed by atoms with Gasteiger partial charge in [-0.1, -0.05) is 12.1 Å². The fourth-order valence-electron chi connectivity index (χ4n) is 3.43. The summed E-state index contributed by atoms with van der Waals surface area (Å²) in [4.78, 5) is 4.61. The van der Waals surface area contributed by atoms with Crippen molar-refractivity contribution < 1.29 is 0 Å². The number of benzene rings is 1. The highest BCUT2D eigenvalue weighted by Crippen LogP contribution is 2.40. The molecule has 26 heavy (non-hydrogen) atoms. The van der Waals surface area contributed by atoms with Crippen LogP contribution in [-0.4, -0.2) is 31.1 Å². The first-order valence-electron chi connectivity index (χ1n) is 9.18. The quantitative estimate of drug-likeness (QED) is 0.557. The molecule has 1 saturated carbocycles. The first-order valence-corrected chi connectivity index (χ1v) is 9.18. The van der Waals surface area contributed by atoms with Crippen molar-refractivity contribution in [2.75, 3.05) is 11.9 Å². The maximum absolute atomic E-state index is 4.62. The Hall–Kier alpha value is -3.02. The summed E-state index contributed by atoms with van der Waals surface area (Å²) in [7, 11) is 0. The van der Waals surface area contributed by atoms with Crippen LogP contribution in [0.3, 0.4) is 0 Å². The van der Waals surface area contributed by atoms with E-state index < -0.39 is 0 Å². The molecule has 0 atom stereocenters. The molecule has 4 aromatic rings. The largest absolute Gasteiger partial charge is 0.382 e. The van der Waals surface area contributed by atoms with Crippen molar-refractivity contribution >= 4 is 16.7 Å². The SMILES string of the molecule is Cc1cc(C2CC2)n(-c2ccc(NCCn3[nH]c4ccccc43)cn2)n1. The highest BCUT2D eigenvalue weighted by atomic mass is 15.3. The lowest BCUT2D eigenvalue weighted by molar-refractivity contribution is 0.637. The van der Waals surface area contributed by atoms with Gasteiger partial charge in [0.25, 0.3) is 0 Å². The number of hydrogen-bond donors (Lipinski definition) is 2. The van der Waals surface area contributed by atoms with Gasteiger partial charge in [-0.3, -0.25) is 9.78 Å². The van der Waals surface area contributed by atoms with Crippen LogP contribution in [0.15, 0.2) is 48.7 Å². The molecule has 2 N–H and O–H groups in total. The number of anilines is 1. The van der Waals surface area contributed by atoms with E-state index in [9.17, 15) is 0 Å². The van der Waals surface area contributed by atoms with Crippen LogP contribution in [0.5, 0.6) is 0 Å². The molecule has 0 unspecified atom stereocenters. The van der Waals surface area contributed by atoms with Gasteiger partial charge in [-0.05, 0) is 50.1 Å². The smallest absolute Gasteiger partial charge is 0.153 e. The topological polar surface area (TPSA) is 63.5 Å². The summed E-state index contributed by atoms with van der Waals surface area (Å²) in [6, 6.07) is 14.6. The lowest BCUT2D eigenvalue weighted by Crippen LogP contribution is -2.17. The third-order valence-corrected chi connectivity index (χ3v) is 4.93.